The van der Waals surface area contributed by atoms with E-state index in [1.807, 2.05) is 0 Å². The lowest BCUT2D eigenvalue weighted by Crippen LogP contribution is -2.19. The lowest BCUT2D eigenvalue weighted by atomic mass is 9.92. The van der Waals surface area contributed by atoms with Crippen molar-refractivity contribution in [2.24, 2.45) is 0 Å². The summed E-state index contributed by atoms with van der Waals surface area (Å²) < 4.78 is 5.03. The molecule has 0 unspecified atom stereocenters. The predicted molar refractivity (Wildman–Crippen MR) is 60.5 cm³/mol. The number of aliphatic hydroxyl groups is 1. The van der Waals surface area contributed by atoms with Gasteiger partial charge in [-0.3, -0.25) is 4.79 Å². The molecule has 0 amide bonds. The van der Waals surface area contributed by atoms with Gasteiger partial charge in [0.25, 0.3) is 0 Å². The number of benzene rings is 1. The molecule has 2 atom stereocenters. The quantitative estimate of drug-likeness (QED) is 0.847. The maximum atomic E-state index is 11.2. The van der Waals surface area contributed by atoms with E-state index in [1.54, 1.807) is 42.5 Å². The van der Waals surface area contributed by atoms with Gasteiger partial charge in [-0.15, -0.1) is 0 Å². The maximum absolute atomic E-state index is 11.2. The topological polar surface area (TPSA) is 70.7 Å². The smallest absolute Gasteiger partial charge is 0.314 e. The molecule has 2 rings (SSSR count). The van der Waals surface area contributed by atoms with Gasteiger partial charge in [-0.2, -0.15) is 0 Å². The largest absolute Gasteiger partial charge is 0.481 e. The van der Waals surface area contributed by atoms with Gasteiger partial charge in [-0.25, -0.2) is 0 Å². The van der Waals surface area contributed by atoms with E-state index in [4.69, 9.17) is 4.42 Å². The Morgan fingerprint density at radius 2 is 1.82 bits per heavy atom. The molecule has 17 heavy (non-hydrogen) atoms. The standard InChI is InChI=1S/C13H12O4/c14-12(10-7-4-8-17-10)11(13(15)16)9-5-2-1-3-6-9/h1-8,11-12,14H,(H,15,16)/t11-,12+/m1/s1. The van der Waals surface area contributed by atoms with Crippen molar-refractivity contribution >= 4 is 5.97 Å². The fourth-order valence-corrected chi connectivity index (χ4v) is 1.74. The Balaban J connectivity index is 2.34. The van der Waals surface area contributed by atoms with Crippen LogP contribution in [-0.2, 0) is 4.79 Å². The molecule has 0 aliphatic rings. The summed E-state index contributed by atoms with van der Waals surface area (Å²) in [4.78, 5) is 11.2. The van der Waals surface area contributed by atoms with Gasteiger partial charge in [-0.1, -0.05) is 30.3 Å². The fraction of sp³-hybridized carbons (Fsp3) is 0.154. The summed E-state index contributed by atoms with van der Waals surface area (Å²) >= 11 is 0. The number of furan rings is 1. The molecule has 88 valence electrons. The number of aliphatic hydroxyl groups excluding tert-OH is 1. The van der Waals surface area contributed by atoms with Gasteiger partial charge < -0.3 is 14.6 Å². The highest BCUT2D eigenvalue weighted by molar-refractivity contribution is 5.77. The molecule has 0 aliphatic carbocycles. The Kier molecular flexibility index (Phi) is 3.25. The summed E-state index contributed by atoms with van der Waals surface area (Å²) in [5, 5.41) is 19.2. The third kappa shape index (κ3) is 2.37. The zero-order valence-corrected chi connectivity index (χ0v) is 8.98. The fourth-order valence-electron chi connectivity index (χ4n) is 1.74. The van der Waals surface area contributed by atoms with Crippen molar-refractivity contribution in [1.82, 2.24) is 0 Å². The first-order chi connectivity index (χ1) is 8.20. The van der Waals surface area contributed by atoms with Crippen LogP contribution in [0.4, 0.5) is 0 Å². The number of carbonyl (C=O) groups is 1. The van der Waals surface area contributed by atoms with E-state index in [-0.39, 0.29) is 5.76 Å². The van der Waals surface area contributed by atoms with Crippen molar-refractivity contribution in [2.45, 2.75) is 12.0 Å². The second-order valence-electron chi connectivity index (χ2n) is 3.69. The molecule has 1 aromatic heterocycles. The van der Waals surface area contributed by atoms with Crippen LogP contribution in [0.3, 0.4) is 0 Å². The highest BCUT2D eigenvalue weighted by atomic mass is 16.4. The van der Waals surface area contributed by atoms with Crippen LogP contribution in [-0.4, -0.2) is 16.2 Å². The number of aliphatic carboxylic acids is 1. The van der Waals surface area contributed by atoms with Gasteiger partial charge >= 0.3 is 5.97 Å². The average molecular weight is 232 g/mol. The van der Waals surface area contributed by atoms with Gasteiger partial charge in [0.05, 0.1) is 6.26 Å². The van der Waals surface area contributed by atoms with E-state index in [0.717, 1.165) is 0 Å². The molecule has 2 aromatic rings. The first kappa shape index (κ1) is 11.4. The van der Waals surface area contributed by atoms with Crippen molar-refractivity contribution in [3.05, 3.63) is 60.1 Å². The number of carboxylic acids is 1. The van der Waals surface area contributed by atoms with Crippen molar-refractivity contribution in [3.63, 3.8) is 0 Å². The Morgan fingerprint density at radius 1 is 1.12 bits per heavy atom. The number of hydrogen-bond donors (Lipinski definition) is 2. The summed E-state index contributed by atoms with van der Waals surface area (Å²) in [5.74, 6) is -1.86. The lowest BCUT2D eigenvalue weighted by molar-refractivity contribution is -0.142. The van der Waals surface area contributed by atoms with Crippen molar-refractivity contribution in [2.75, 3.05) is 0 Å². The van der Waals surface area contributed by atoms with E-state index < -0.39 is 18.0 Å². The number of carboxylic acid groups (broad SMARTS) is 1. The Labute approximate surface area is 98.1 Å². The highest BCUT2D eigenvalue weighted by Gasteiger charge is 2.31. The summed E-state index contributed by atoms with van der Waals surface area (Å²) in [6, 6.07) is 11.8. The van der Waals surface area contributed by atoms with Crippen LogP contribution >= 0.6 is 0 Å². The molecule has 1 heterocycles. The van der Waals surface area contributed by atoms with Gasteiger partial charge in [0, 0.05) is 0 Å². The summed E-state index contributed by atoms with van der Waals surface area (Å²) in [5.41, 5.74) is 0.545. The average Bonchev–Trinajstić information content (AvgIpc) is 2.83. The van der Waals surface area contributed by atoms with Crippen LogP contribution in [0.2, 0.25) is 0 Å². The number of hydrogen-bond acceptors (Lipinski definition) is 3. The Bertz CT molecular complexity index is 475. The predicted octanol–water partition coefficient (Wildman–Crippen LogP) is 2.18. The molecule has 0 radical (unpaired) electrons. The van der Waals surface area contributed by atoms with E-state index in [2.05, 4.69) is 0 Å². The molecule has 4 nitrogen and oxygen atoms in total. The monoisotopic (exact) mass is 232 g/mol. The minimum Gasteiger partial charge on any atom is -0.481 e. The first-order valence-electron chi connectivity index (χ1n) is 5.19. The lowest BCUT2D eigenvalue weighted by Gasteiger charge is -2.17. The molecule has 0 bridgehead atoms. The second kappa shape index (κ2) is 4.84. The Morgan fingerprint density at radius 3 is 2.35 bits per heavy atom. The van der Waals surface area contributed by atoms with Gasteiger partial charge in [0.15, 0.2) is 0 Å². The third-order valence-corrected chi connectivity index (χ3v) is 2.58. The van der Waals surface area contributed by atoms with Crippen LogP contribution in [0.1, 0.15) is 23.3 Å². The molecule has 4 heteroatoms. The van der Waals surface area contributed by atoms with Crippen LogP contribution < -0.4 is 0 Å². The SMILES string of the molecule is O=C(O)[C@H](c1ccccc1)[C@@H](O)c1ccco1. The zero-order valence-electron chi connectivity index (χ0n) is 8.98. The van der Waals surface area contributed by atoms with E-state index in [9.17, 15) is 15.0 Å². The molecular formula is C13H12O4. The summed E-state index contributed by atoms with van der Waals surface area (Å²) in [7, 11) is 0. The van der Waals surface area contributed by atoms with Gasteiger partial charge in [0.1, 0.15) is 17.8 Å². The second-order valence-corrected chi connectivity index (χ2v) is 3.69. The maximum Gasteiger partial charge on any atom is 0.314 e. The third-order valence-electron chi connectivity index (χ3n) is 2.58. The van der Waals surface area contributed by atoms with Crippen molar-refractivity contribution in [1.29, 1.82) is 0 Å². The van der Waals surface area contributed by atoms with Crippen molar-refractivity contribution < 1.29 is 19.4 Å². The van der Waals surface area contributed by atoms with Crippen molar-refractivity contribution in [3.8, 4) is 0 Å². The Hall–Kier alpha value is -2.07. The van der Waals surface area contributed by atoms with E-state index in [0.29, 0.717) is 5.56 Å². The highest BCUT2D eigenvalue weighted by Crippen LogP contribution is 2.31. The van der Waals surface area contributed by atoms with Crippen LogP contribution in [0.25, 0.3) is 0 Å². The van der Waals surface area contributed by atoms with Crippen LogP contribution in [0, 0.1) is 0 Å². The molecule has 0 spiro atoms. The molecule has 2 N–H and O–H groups in total. The summed E-state index contributed by atoms with van der Waals surface area (Å²) in [6.45, 7) is 0. The molecular weight excluding hydrogens is 220 g/mol. The molecule has 0 aliphatic heterocycles. The minimum atomic E-state index is -1.19. The first-order valence-corrected chi connectivity index (χ1v) is 5.19. The molecule has 1 aromatic carbocycles. The molecule has 0 saturated carbocycles. The van der Waals surface area contributed by atoms with Gasteiger partial charge in [-0.05, 0) is 17.7 Å². The van der Waals surface area contributed by atoms with Gasteiger partial charge in [0.2, 0.25) is 0 Å². The molecule has 0 fully saturated rings. The minimum absolute atomic E-state index is 0.251. The normalized spacial score (nSPS) is 14.2. The molecule has 0 saturated heterocycles. The summed E-state index contributed by atoms with van der Waals surface area (Å²) in [6.07, 6.45) is 0.215. The van der Waals surface area contributed by atoms with E-state index >= 15 is 0 Å². The zero-order chi connectivity index (χ0) is 12.3. The van der Waals surface area contributed by atoms with Crippen LogP contribution in [0.15, 0.2) is 53.1 Å². The number of rotatable bonds is 4. The van der Waals surface area contributed by atoms with E-state index in [1.165, 1.54) is 6.26 Å². The van der Waals surface area contributed by atoms with Crippen LogP contribution in [0.5, 0.6) is 0 Å².